The van der Waals surface area contributed by atoms with E-state index in [1.54, 1.807) is 30.1 Å². The highest BCUT2D eigenvalue weighted by atomic mass is 16.5. The van der Waals surface area contributed by atoms with Crippen molar-refractivity contribution in [3.8, 4) is 5.75 Å². The Labute approximate surface area is 140 Å². The van der Waals surface area contributed by atoms with Crippen molar-refractivity contribution in [2.24, 2.45) is 0 Å². The molecule has 0 unspecified atom stereocenters. The summed E-state index contributed by atoms with van der Waals surface area (Å²) in [6, 6.07) is 7.08. The van der Waals surface area contributed by atoms with Crippen LogP contribution in [-0.2, 0) is 4.79 Å². The van der Waals surface area contributed by atoms with Crippen LogP contribution in [0.15, 0.2) is 34.9 Å². The fraction of sp³-hybridized carbons (Fsp3) is 0.333. The van der Waals surface area contributed by atoms with Crippen LogP contribution in [0.3, 0.4) is 0 Å². The predicted molar refractivity (Wildman–Crippen MR) is 89.2 cm³/mol. The number of hydrogen-bond donors (Lipinski definition) is 1. The van der Waals surface area contributed by atoms with E-state index in [4.69, 9.17) is 9.15 Å². The van der Waals surface area contributed by atoms with Gasteiger partial charge in [-0.1, -0.05) is 0 Å². The molecule has 1 aromatic carbocycles. The monoisotopic (exact) mass is 328 g/mol. The predicted octanol–water partition coefficient (Wildman–Crippen LogP) is 2.76. The number of anilines is 1. The highest BCUT2D eigenvalue weighted by molar-refractivity contribution is 6.03. The van der Waals surface area contributed by atoms with E-state index >= 15 is 0 Å². The van der Waals surface area contributed by atoms with Crippen molar-refractivity contribution in [1.29, 1.82) is 0 Å². The van der Waals surface area contributed by atoms with E-state index in [9.17, 15) is 9.59 Å². The molecule has 1 aromatic heterocycles. The van der Waals surface area contributed by atoms with Crippen molar-refractivity contribution in [2.45, 2.75) is 26.4 Å². The molecular formula is C18H20N2O4. The second-order valence-electron chi connectivity index (χ2n) is 6.02. The average molecular weight is 328 g/mol. The zero-order chi connectivity index (χ0) is 17.3. The van der Waals surface area contributed by atoms with Gasteiger partial charge < -0.3 is 19.4 Å². The van der Waals surface area contributed by atoms with Gasteiger partial charge in [0.1, 0.15) is 5.75 Å². The Morgan fingerprint density at radius 2 is 2.08 bits per heavy atom. The molecule has 2 aromatic rings. The van der Waals surface area contributed by atoms with E-state index in [-0.39, 0.29) is 11.8 Å². The molecule has 2 amide bonds. The van der Waals surface area contributed by atoms with E-state index in [0.717, 1.165) is 11.1 Å². The van der Waals surface area contributed by atoms with Gasteiger partial charge in [0.2, 0.25) is 0 Å². The number of rotatable bonds is 4. The van der Waals surface area contributed by atoms with Crippen molar-refractivity contribution in [3.05, 3.63) is 47.4 Å². The summed E-state index contributed by atoms with van der Waals surface area (Å²) in [5.74, 6) is 0.628. The van der Waals surface area contributed by atoms with Gasteiger partial charge >= 0.3 is 0 Å². The molecule has 0 radical (unpaired) electrons. The van der Waals surface area contributed by atoms with E-state index in [1.165, 1.54) is 6.26 Å². The highest BCUT2D eigenvalue weighted by Crippen LogP contribution is 2.25. The molecule has 6 heteroatoms. The Balaban J connectivity index is 1.70. The largest absolute Gasteiger partial charge is 0.481 e. The second-order valence-corrected chi connectivity index (χ2v) is 6.02. The van der Waals surface area contributed by atoms with Crippen LogP contribution in [0.2, 0.25) is 0 Å². The fourth-order valence-corrected chi connectivity index (χ4v) is 2.70. The van der Waals surface area contributed by atoms with Gasteiger partial charge in [0.15, 0.2) is 11.9 Å². The molecular weight excluding hydrogens is 308 g/mol. The fourth-order valence-electron chi connectivity index (χ4n) is 2.70. The lowest BCUT2D eigenvalue weighted by Gasteiger charge is -2.15. The van der Waals surface area contributed by atoms with E-state index in [0.29, 0.717) is 30.2 Å². The first-order chi connectivity index (χ1) is 11.5. The van der Waals surface area contributed by atoms with Gasteiger partial charge in [-0.2, -0.15) is 0 Å². The van der Waals surface area contributed by atoms with Crippen LogP contribution in [0.4, 0.5) is 5.69 Å². The molecule has 1 saturated heterocycles. The molecule has 1 aliphatic heterocycles. The third-order valence-corrected chi connectivity index (χ3v) is 4.17. The second kappa shape index (κ2) is 6.39. The molecule has 0 saturated carbocycles. The molecule has 2 heterocycles. The molecule has 0 bridgehead atoms. The number of amides is 2. The molecule has 1 atom stereocenters. The number of ether oxygens (including phenoxy) is 1. The lowest BCUT2D eigenvalue weighted by atomic mass is 10.1. The number of likely N-dealkylation sites (tertiary alicyclic amines) is 1. The van der Waals surface area contributed by atoms with Crippen LogP contribution in [0.25, 0.3) is 0 Å². The first-order valence-electron chi connectivity index (χ1n) is 7.83. The molecule has 1 N–H and O–H groups in total. The minimum atomic E-state index is -0.430. The van der Waals surface area contributed by atoms with Crippen molar-refractivity contribution >= 4 is 17.5 Å². The Kier molecular flexibility index (Phi) is 4.29. The van der Waals surface area contributed by atoms with Crippen molar-refractivity contribution in [1.82, 2.24) is 4.90 Å². The third-order valence-electron chi connectivity index (χ3n) is 4.17. The highest BCUT2D eigenvalue weighted by Gasteiger charge is 2.30. The smallest absolute Gasteiger partial charge is 0.291 e. The number of likely N-dealkylation sites (N-methyl/N-ethyl adjacent to an activating group) is 1. The van der Waals surface area contributed by atoms with Gasteiger partial charge in [-0.25, -0.2) is 0 Å². The van der Waals surface area contributed by atoms with E-state index in [2.05, 4.69) is 5.32 Å². The van der Waals surface area contributed by atoms with Crippen molar-refractivity contribution in [3.63, 3.8) is 0 Å². The zero-order valence-electron chi connectivity index (χ0n) is 14.0. The van der Waals surface area contributed by atoms with Gasteiger partial charge in [-0.3, -0.25) is 9.59 Å². The first kappa shape index (κ1) is 16.1. The maximum absolute atomic E-state index is 12.2. The van der Waals surface area contributed by atoms with Crippen LogP contribution in [-0.4, -0.2) is 36.4 Å². The van der Waals surface area contributed by atoms with E-state index in [1.807, 2.05) is 19.9 Å². The zero-order valence-corrected chi connectivity index (χ0v) is 14.0. The van der Waals surface area contributed by atoms with Crippen LogP contribution in [0.5, 0.6) is 5.75 Å². The molecule has 1 fully saturated rings. The maximum atomic E-state index is 12.2. The summed E-state index contributed by atoms with van der Waals surface area (Å²) < 4.78 is 11.0. The summed E-state index contributed by atoms with van der Waals surface area (Å²) in [6.07, 6.45) is 1.74. The lowest BCUT2D eigenvalue weighted by molar-refractivity contribution is -0.132. The summed E-state index contributed by atoms with van der Waals surface area (Å²) in [5.41, 5.74) is 2.32. The van der Waals surface area contributed by atoms with E-state index < -0.39 is 6.10 Å². The summed E-state index contributed by atoms with van der Waals surface area (Å²) in [5, 5.41) is 2.83. The van der Waals surface area contributed by atoms with Crippen LogP contribution in [0.1, 0.15) is 28.1 Å². The minimum absolute atomic E-state index is 0.00155. The Bertz CT molecular complexity index is 781. The molecule has 3 rings (SSSR count). The van der Waals surface area contributed by atoms with Gasteiger partial charge in [-0.05, 0) is 43.7 Å². The minimum Gasteiger partial charge on any atom is -0.481 e. The number of carbonyl (C=O) groups is 2. The third kappa shape index (κ3) is 3.13. The number of furan rings is 1. The van der Waals surface area contributed by atoms with Gasteiger partial charge in [0.25, 0.3) is 11.8 Å². The van der Waals surface area contributed by atoms with Crippen LogP contribution >= 0.6 is 0 Å². The number of hydrogen-bond acceptors (Lipinski definition) is 4. The molecule has 0 spiro atoms. The summed E-state index contributed by atoms with van der Waals surface area (Å²) in [4.78, 5) is 25.8. The van der Waals surface area contributed by atoms with Crippen molar-refractivity contribution in [2.75, 3.05) is 18.9 Å². The summed E-state index contributed by atoms with van der Waals surface area (Å²) in [7, 11) is 1.77. The van der Waals surface area contributed by atoms with Crippen molar-refractivity contribution < 1.29 is 18.7 Å². The molecule has 0 aliphatic carbocycles. The Hall–Kier alpha value is -2.76. The maximum Gasteiger partial charge on any atom is 0.291 e. The first-order valence-corrected chi connectivity index (χ1v) is 7.83. The standard InChI is InChI=1S/C18H20N2O4/c1-11-7-9-23-16(11)17(21)19-14-5-4-13(10-12(14)2)24-15-6-8-20(3)18(15)22/h4-5,7,9-10,15H,6,8H2,1-3H3,(H,19,21)/t15-/m0/s1. The number of aryl methyl sites for hydroxylation is 2. The quantitative estimate of drug-likeness (QED) is 0.937. The van der Waals surface area contributed by atoms with Gasteiger partial charge in [-0.15, -0.1) is 0 Å². The topological polar surface area (TPSA) is 71.8 Å². The SMILES string of the molecule is Cc1cc(O[C@H]2CCN(C)C2=O)ccc1NC(=O)c1occc1C. The molecule has 126 valence electrons. The molecule has 24 heavy (non-hydrogen) atoms. The van der Waals surface area contributed by atoms with Crippen LogP contribution in [0, 0.1) is 13.8 Å². The number of nitrogens with zero attached hydrogens (tertiary/aromatic N) is 1. The van der Waals surface area contributed by atoms with Gasteiger partial charge in [0.05, 0.1) is 6.26 Å². The number of benzene rings is 1. The van der Waals surface area contributed by atoms with Crippen LogP contribution < -0.4 is 10.1 Å². The normalized spacial score (nSPS) is 17.2. The number of carbonyl (C=O) groups excluding carboxylic acids is 2. The van der Waals surface area contributed by atoms with Gasteiger partial charge in [0, 0.05) is 31.3 Å². The summed E-state index contributed by atoms with van der Waals surface area (Å²) >= 11 is 0. The number of nitrogens with one attached hydrogen (secondary N) is 1. The molecule has 1 aliphatic rings. The Morgan fingerprint density at radius 1 is 1.29 bits per heavy atom. The molecule has 6 nitrogen and oxygen atoms in total. The average Bonchev–Trinajstić information content (AvgIpc) is 3.10. The Morgan fingerprint density at radius 3 is 2.67 bits per heavy atom. The summed E-state index contributed by atoms with van der Waals surface area (Å²) in [6.45, 7) is 4.40. The lowest BCUT2D eigenvalue weighted by Crippen LogP contribution is -2.29.